The number of carbonyl (C=O) groups is 2. The Bertz CT molecular complexity index is 1520. The van der Waals surface area contributed by atoms with Crippen LogP contribution < -0.4 is 10.2 Å². The highest BCUT2D eigenvalue weighted by Gasteiger charge is 2.66. The summed E-state index contributed by atoms with van der Waals surface area (Å²) < 4.78 is 139. The number of nitrogens with one attached hydrogen (secondary N) is 1. The van der Waals surface area contributed by atoms with E-state index in [2.05, 4.69) is 10.3 Å². The van der Waals surface area contributed by atoms with Gasteiger partial charge in [0.15, 0.2) is 6.19 Å². The van der Waals surface area contributed by atoms with Gasteiger partial charge in [-0.1, -0.05) is 33.3 Å². The summed E-state index contributed by atoms with van der Waals surface area (Å²) in [6.07, 6.45) is 1.35. The number of hydrogen-bond donors (Lipinski definition) is 1. The van der Waals surface area contributed by atoms with Crippen LogP contribution in [0.5, 0.6) is 0 Å². The first-order valence-electron chi connectivity index (χ1n) is 13.4. The van der Waals surface area contributed by atoms with Crippen LogP contribution >= 0.6 is 10.2 Å². The molecule has 2 heterocycles. The number of benzene rings is 1. The Morgan fingerprint density at radius 3 is 2.13 bits per heavy atom. The molecular weight excluding hydrogens is 648 g/mol. The highest BCUT2D eigenvalue weighted by molar-refractivity contribution is 8.45. The number of halogens is 10. The number of anilines is 1. The van der Waals surface area contributed by atoms with Crippen molar-refractivity contribution < 1.29 is 51.0 Å². The number of hydrogen-bond acceptors (Lipinski definition) is 5. The largest absolute Gasteiger partial charge is 0.351 e. The van der Waals surface area contributed by atoms with Gasteiger partial charge in [0.05, 0.1) is 18.2 Å². The number of nitrogens with zero attached hydrogens (tertiary/aromatic N) is 4. The highest BCUT2D eigenvalue weighted by Crippen LogP contribution is 3.02. The van der Waals surface area contributed by atoms with Crippen LogP contribution in [0, 0.1) is 22.7 Å². The van der Waals surface area contributed by atoms with Gasteiger partial charge in [-0.15, -0.1) is 0 Å². The lowest BCUT2D eigenvalue weighted by atomic mass is 9.80. The number of amides is 2. The Kier molecular flexibility index (Phi) is 7.88. The zero-order valence-corrected chi connectivity index (χ0v) is 24.4. The summed E-state index contributed by atoms with van der Waals surface area (Å²) in [5.41, 5.74) is -3.45. The normalized spacial score (nSPS) is 23.3. The van der Waals surface area contributed by atoms with Crippen molar-refractivity contribution in [2.24, 2.45) is 5.41 Å². The predicted octanol–water partition coefficient (Wildman–Crippen LogP) is 7.47. The molecule has 1 aliphatic carbocycles. The van der Waals surface area contributed by atoms with Gasteiger partial charge in [-0.3, -0.25) is 24.4 Å². The summed E-state index contributed by atoms with van der Waals surface area (Å²) in [7, 11) is -10.2. The Balaban J connectivity index is 1.90. The molecule has 18 heteroatoms. The number of carbonyl (C=O) groups excluding carboxylic acids is 2. The summed E-state index contributed by atoms with van der Waals surface area (Å²) in [6, 6.07) is -3.70. The molecule has 2 amide bonds. The topological polar surface area (TPSA) is 89.3 Å². The van der Waals surface area contributed by atoms with Crippen molar-refractivity contribution in [3.8, 4) is 6.19 Å². The lowest BCUT2D eigenvalue weighted by Crippen LogP contribution is -2.55. The standard InChI is InChI=1S/C27H27F10N5O2S/c1-25(2)22(41(15-38)14-27(25,31)32)24(44)42(19-3-5-20(6-4-19)45(33,34,35,36)37)21(16-11-17(28)13-39-12-16)23(43)40-18-7-9-26(29,30)10-8-18/h3-6,11-13,18,21-22H,7-10,14H2,1-2H3,(H,40,43)/t21?,22-/m0/s1. The van der Waals surface area contributed by atoms with Crippen LogP contribution in [0.2, 0.25) is 0 Å². The summed E-state index contributed by atoms with van der Waals surface area (Å²) in [6.45, 7) is 0.616. The molecule has 2 aromatic rings. The molecule has 2 aliphatic rings. The van der Waals surface area contributed by atoms with Gasteiger partial charge >= 0.3 is 10.2 Å². The quantitative estimate of drug-likeness (QED) is 0.243. The summed E-state index contributed by atoms with van der Waals surface area (Å²) in [4.78, 5) is 30.1. The molecule has 1 unspecified atom stereocenters. The molecule has 1 saturated carbocycles. The first-order chi connectivity index (χ1) is 20.4. The van der Waals surface area contributed by atoms with Crippen molar-refractivity contribution in [3.63, 3.8) is 0 Å². The molecule has 1 saturated heterocycles. The van der Waals surface area contributed by atoms with E-state index < -0.39 is 98.8 Å². The lowest BCUT2D eigenvalue weighted by molar-refractivity contribution is -0.133. The van der Waals surface area contributed by atoms with Crippen LogP contribution in [0.3, 0.4) is 0 Å². The van der Waals surface area contributed by atoms with Crippen LogP contribution in [0.1, 0.15) is 51.1 Å². The van der Waals surface area contributed by atoms with Gasteiger partial charge in [-0.05, 0) is 43.2 Å². The summed E-state index contributed by atoms with van der Waals surface area (Å²) in [5, 5.41) is 12.1. The monoisotopic (exact) mass is 675 g/mol. The molecular formula is C27H27F10N5O2S. The van der Waals surface area contributed by atoms with E-state index in [4.69, 9.17) is 0 Å². The number of alkyl halides is 4. The van der Waals surface area contributed by atoms with Gasteiger partial charge in [-0.2, -0.15) is 5.26 Å². The van der Waals surface area contributed by atoms with E-state index in [0.717, 1.165) is 20.0 Å². The fourth-order valence-corrected chi connectivity index (χ4v) is 6.14. The molecule has 1 aromatic carbocycles. The number of aromatic nitrogens is 1. The first kappa shape index (κ1) is 34.1. The summed E-state index contributed by atoms with van der Waals surface area (Å²) >= 11 is 0. The van der Waals surface area contributed by atoms with E-state index in [9.17, 15) is 47.5 Å². The van der Waals surface area contributed by atoms with Gasteiger partial charge in [0.25, 0.3) is 11.8 Å². The van der Waals surface area contributed by atoms with Gasteiger partial charge in [-0.25, -0.2) is 22.0 Å². The predicted molar refractivity (Wildman–Crippen MR) is 142 cm³/mol. The third-order valence-corrected chi connectivity index (χ3v) is 9.24. The second-order valence-electron chi connectivity index (χ2n) is 11.7. The smallest absolute Gasteiger partial charge is 0.310 e. The molecule has 2 fully saturated rings. The second kappa shape index (κ2) is 10.4. The average Bonchev–Trinajstić information content (AvgIpc) is 3.09. The number of pyridine rings is 1. The molecule has 1 N–H and O–H groups in total. The number of likely N-dealkylation sites (tertiary alicyclic amines) is 1. The molecule has 4 rings (SSSR count). The molecule has 1 aromatic heterocycles. The summed E-state index contributed by atoms with van der Waals surface area (Å²) in [5.74, 6) is -10.4. The highest BCUT2D eigenvalue weighted by atomic mass is 32.5. The molecule has 0 bridgehead atoms. The van der Waals surface area contributed by atoms with Crippen molar-refractivity contribution in [1.82, 2.24) is 15.2 Å². The van der Waals surface area contributed by atoms with Crippen molar-refractivity contribution in [3.05, 3.63) is 54.1 Å². The second-order valence-corrected chi connectivity index (χ2v) is 14.1. The van der Waals surface area contributed by atoms with Crippen molar-refractivity contribution in [1.29, 1.82) is 5.26 Å². The minimum Gasteiger partial charge on any atom is -0.351 e. The van der Waals surface area contributed by atoms with E-state index in [1.54, 1.807) is 0 Å². The van der Waals surface area contributed by atoms with Gasteiger partial charge in [0.1, 0.15) is 22.8 Å². The van der Waals surface area contributed by atoms with Crippen molar-refractivity contribution in [2.75, 3.05) is 11.4 Å². The van der Waals surface area contributed by atoms with Gasteiger partial charge in [0.2, 0.25) is 11.8 Å². The van der Waals surface area contributed by atoms with E-state index >= 15 is 8.78 Å². The fraction of sp³-hybridized carbons (Fsp3) is 0.481. The number of nitriles is 1. The van der Waals surface area contributed by atoms with E-state index in [1.807, 2.05) is 0 Å². The molecule has 248 valence electrons. The van der Waals surface area contributed by atoms with Crippen LogP contribution in [0.4, 0.5) is 47.1 Å². The number of rotatable bonds is 7. The molecule has 2 atom stereocenters. The third kappa shape index (κ3) is 6.92. The molecule has 7 nitrogen and oxygen atoms in total. The van der Waals surface area contributed by atoms with Crippen LogP contribution in [0.15, 0.2) is 47.6 Å². The third-order valence-electron chi connectivity index (χ3n) is 8.08. The Morgan fingerprint density at radius 2 is 1.62 bits per heavy atom. The molecule has 45 heavy (non-hydrogen) atoms. The zero-order valence-electron chi connectivity index (χ0n) is 23.6. The van der Waals surface area contributed by atoms with E-state index in [0.29, 0.717) is 34.2 Å². The Hall–Kier alpha value is -3.75. The SMILES string of the molecule is CC1(C)[C@H](C(=O)N(c2ccc(S(F)(F)(F)(F)F)cc2)C(C(=O)NC2CCC(F)(F)CC2)c2cncc(F)c2)N(C#N)CC1(F)F. The maximum absolute atomic E-state index is 15.0. The molecule has 0 radical (unpaired) electrons. The fourth-order valence-electron chi connectivity index (χ4n) is 5.49. The lowest BCUT2D eigenvalue weighted by Gasteiger charge is -2.41. The maximum Gasteiger partial charge on any atom is 0.310 e. The average molecular weight is 676 g/mol. The maximum atomic E-state index is 15.0. The minimum atomic E-state index is -10.2. The van der Waals surface area contributed by atoms with E-state index in [1.165, 1.54) is 6.19 Å². The van der Waals surface area contributed by atoms with Crippen LogP contribution in [0.25, 0.3) is 0 Å². The first-order valence-corrected chi connectivity index (χ1v) is 15.3. The zero-order chi connectivity index (χ0) is 33.9. The van der Waals surface area contributed by atoms with Gasteiger partial charge < -0.3 is 5.32 Å². The van der Waals surface area contributed by atoms with Crippen LogP contribution in [-0.4, -0.2) is 52.2 Å². The molecule has 0 spiro atoms. The van der Waals surface area contributed by atoms with Crippen molar-refractivity contribution >= 4 is 27.7 Å². The Morgan fingerprint density at radius 1 is 1.04 bits per heavy atom. The van der Waals surface area contributed by atoms with Crippen molar-refractivity contribution in [2.45, 2.75) is 74.4 Å². The minimum absolute atomic E-state index is 0.0738. The molecule has 1 aliphatic heterocycles. The Labute approximate surface area is 250 Å². The van der Waals surface area contributed by atoms with E-state index in [-0.39, 0.29) is 25.0 Å². The van der Waals surface area contributed by atoms with Crippen LogP contribution in [-0.2, 0) is 9.59 Å². The van der Waals surface area contributed by atoms with Gasteiger partial charge in [0, 0.05) is 36.3 Å².